The standard InChI is InChI=1S/C16H23ClN2O5/c1-4-6-19(10-16(21)22)7-5-15(20)18-12-9-13(23-2)11(17)8-14(12)24-3/h8-9H,4-7,10H2,1-3H3,(H,18,20)(H,21,22). The van der Waals surface area contributed by atoms with Crippen molar-refractivity contribution in [3.8, 4) is 11.5 Å². The summed E-state index contributed by atoms with van der Waals surface area (Å²) in [6.07, 6.45) is 0.985. The lowest BCUT2D eigenvalue weighted by atomic mass is 10.2. The highest BCUT2D eigenvalue weighted by atomic mass is 35.5. The zero-order valence-electron chi connectivity index (χ0n) is 14.1. The molecular formula is C16H23ClN2O5. The van der Waals surface area contributed by atoms with Gasteiger partial charge in [-0.25, -0.2) is 0 Å². The number of benzene rings is 1. The van der Waals surface area contributed by atoms with Gasteiger partial charge in [0.1, 0.15) is 11.5 Å². The third kappa shape index (κ3) is 6.25. The Hall–Kier alpha value is -1.99. The van der Waals surface area contributed by atoms with E-state index in [1.165, 1.54) is 14.2 Å². The smallest absolute Gasteiger partial charge is 0.317 e. The zero-order valence-corrected chi connectivity index (χ0v) is 14.9. The van der Waals surface area contributed by atoms with E-state index in [2.05, 4.69) is 5.32 Å². The molecule has 0 aliphatic heterocycles. The van der Waals surface area contributed by atoms with Gasteiger partial charge in [-0.15, -0.1) is 0 Å². The number of carboxylic acids is 1. The zero-order chi connectivity index (χ0) is 18.1. The van der Waals surface area contributed by atoms with Crippen molar-refractivity contribution in [1.82, 2.24) is 4.90 Å². The molecule has 0 atom stereocenters. The van der Waals surface area contributed by atoms with Crippen LogP contribution in [0.25, 0.3) is 0 Å². The minimum Gasteiger partial charge on any atom is -0.495 e. The summed E-state index contributed by atoms with van der Waals surface area (Å²) in [7, 11) is 2.96. The number of methoxy groups -OCH3 is 2. The predicted octanol–water partition coefficient (Wildman–Crippen LogP) is 2.48. The molecule has 0 radical (unpaired) electrons. The molecule has 24 heavy (non-hydrogen) atoms. The molecule has 7 nitrogen and oxygen atoms in total. The maximum atomic E-state index is 12.1. The highest BCUT2D eigenvalue weighted by Crippen LogP contribution is 2.35. The van der Waals surface area contributed by atoms with E-state index in [1.54, 1.807) is 17.0 Å². The fourth-order valence-electron chi connectivity index (χ4n) is 2.21. The van der Waals surface area contributed by atoms with Crippen molar-refractivity contribution in [2.45, 2.75) is 19.8 Å². The normalized spacial score (nSPS) is 10.5. The number of hydrogen-bond donors (Lipinski definition) is 2. The Kier molecular flexibility index (Phi) is 8.35. The van der Waals surface area contributed by atoms with Gasteiger partial charge in [-0.3, -0.25) is 14.5 Å². The largest absolute Gasteiger partial charge is 0.495 e. The van der Waals surface area contributed by atoms with Crippen LogP contribution in [0.15, 0.2) is 12.1 Å². The second-order valence-corrected chi connectivity index (χ2v) is 5.56. The van der Waals surface area contributed by atoms with Crippen LogP contribution in [-0.2, 0) is 9.59 Å². The number of carbonyl (C=O) groups is 2. The number of amides is 1. The van der Waals surface area contributed by atoms with Crippen molar-refractivity contribution >= 4 is 29.2 Å². The van der Waals surface area contributed by atoms with Crippen LogP contribution in [0.2, 0.25) is 5.02 Å². The van der Waals surface area contributed by atoms with Crippen LogP contribution in [-0.4, -0.2) is 55.7 Å². The summed E-state index contributed by atoms with van der Waals surface area (Å²) < 4.78 is 10.3. The highest BCUT2D eigenvalue weighted by Gasteiger charge is 2.14. The number of nitrogens with one attached hydrogen (secondary N) is 1. The summed E-state index contributed by atoms with van der Waals surface area (Å²) in [4.78, 5) is 24.7. The van der Waals surface area contributed by atoms with Crippen molar-refractivity contribution in [2.24, 2.45) is 0 Å². The molecule has 0 fully saturated rings. The van der Waals surface area contributed by atoms with Gasteiger partial charge in [0.05, 0.1) is 31.5 Å². The van der Waals surface area contributed by atoms with Crippen molar-refractivity contribution < 1.29 is 24.2 Å². The lowest BCUT2D eigenvalue weighted by molar-refractivity contribution is -0.138. The van der Waals surface area contributed by atoms with Crippen LogP contribution in [0.1, 0.15) is 19.8 Å². The molecule has 2 N–H and O–H groups in total. The first-order valence-electron chi connectivity index (χ1n) is 7.56. The summed E-state index contributed by atoms with van der Waals surface area (Å²) >= 11 is 6.02. The van der Waals surface area contributed by atoms with Gasteiger partial charge < -0.3 is 19.9 Å². The molecule has 134 valence electrons. The average molecular weight is 359 g/mol. The summed E-state index contributed by atoms with van der Waals surface area (Å²) in [6, 6.07) is 3.14. The first-order chi connectivity index (χ1) is 11.4. The number of nitrogens with zero attached hydrogens (tertiary/aromatic N) is 1. The Balaban J connectivity index is 2.71. The fraction of sp³-hybridized carbons (Fsp3) is 0.500. The maximum Gasteiger partial charge on any atom is 0.317 e. The number of hydrogen-bond acceptors (Lipinski definition) is 5. The molecule has 0 unspecified atom stereocenters. The van der Waals surface area contributed by atoms with Gasteiger partial charge in [0.2, 0.25) is 5.91 Å². The van der Waals surface area contributed by atoms with E-state index in [0.717, 1.165) is 6.42 Å². The highest BCUT2D eigenvalue weighted by molar-refractivity contribution is 6.32. The van der Waals surface area contributed by atoms with Gasteiger partial charge in [0.25, 0.3) is 0 Å². The maximum absolute atomic E-state index is 12.1. The Morgan fingerprint density at radius 3 is 2.42 bits per heavy atom. The molecule has 0 heterocycles. The molecule has 0 bridgehead atoms. The van der Waals surface area contributed by atoms with Gasteiger partial charge in [0.15, 0.2) is 0 Å². The Morgan fingerprint density at radius 2 is 1.88 bits per heavy atom. The molecule has 1 amide bonds. The van der Waals surface area contributed by atoms with E-state index in [-0.39, 0.29) is 18.9 Å². The van der Waals surface area contributed by atoms with E-state index < -0.39 is 5.97 Å². The fourth-order valence-corrected chi connectivity index (χ4v) is 2.44. The van der Waals surface area contributed by atoms with Crippen molar-refractivity contribution in [3.05, 3.63) is 17.2 Å². The van der Waals surface area contributed by atoms with Crippen LogP contribution in [0.5, 0.6) is 11.5 Å². The summed E-state index contributed by atoms with van der Waals surface area (Å²) in [6.45, 7) is 2.86. The molecule has 8 heteroatoms. The molecule has 1 rings (SSSR count). The quantitative estimate of drug-likeness (QED) is 0.668. The summed E-state index contributed by atoms with van der Waals surface area (Å²) in [5.41, 5.74) is 0.448. The van der Waals surface area contributed by atoms with Gasteiger partial charge in [0, 0.05) is 25.1 Å². The van der Waals surface area contributed by atoms with Crippen molar-refractivity contribution in [1.29, 1.82) is 0 Å². The van der Waals surface area contributed by atoms with Crippen LogP contribution in [0.4, 0.5) is 5.69 Å². The van der Waals surface area contributed by atoms with Crippen LogP contribution in [0.3, 0.4) is 0 Å². The molecular weight excluding hydrogens is 336 g/mol. The second kappa shape index (κ2) is 10.00. The average Bonchev–Trinajstić information content (AvgIpc) is 2.53. The third-order valence-electron chi connectivity index (χ3n) is 3.30. The van der Waals surface area contributed by atoms with E-state index >= 15 is 0 Å². The van der Waals surface area contributed by atoms with E-state index in [0.29, 0.717) is 35.3 Å². The number of carboxylic acid groups (broad SMARTS) is 1. The topological polar surface area (TPSA) is 88.1 Å². The number of carbonyl (C=O) groups excluding carboxylic acids is 1. The number of halogens is 1. The first kappa shape index (κ1) is 20.1. The molecule has 0 aliphatic carbocycles. The van der Waals surface area contributed by atoms with Gasteiger partial charge in [-0.1, -0.05) is 18.5 Å². The minimum absolute atomic E-state index is 0.0841. The van der Waals surface area contributed by atoms with Gasteiger partial charge >= 0.3 is 5.97 Å². The number of anilines is 1. The Morgan fingerprint density at radius 1 is 1.21 bits per heavy atom. The molecule has 1 aromatic rings. The molecule has 0 saturated heterocycles. The minimum atomic E-state index is -0.909. The monoisotopic (exact) mass is 358 g/mol. The van der Waals surface area contributed by atoms with Crippen molar-refractivity contribution in [2.75, 3.05) is 39.2 Å². The molecule has 0 aromatic heterocycles. The Bertz CT molecular complexity index is 580. The van der Waals surface area contributed by atoms with E-state index in [4.69, 9.17) is 26.2 Å². The first-order valence-corrected chi connectivity index (χ1v) is 7.94. The summed E-state index contributed by atoms with van der Waals surface area (Å²) in [5, 5.41) is 12.0. The van der Waals surface area contributed by atoms with Crippen LogP contribution >= 0.6 is 11.6 Å². The molecule has 0 spiro atoms. The Labute approximate surface area is 146 Å². The molecule has 1 aromatic carbocycles. The SMILES string of the molecule is CCCN(CCC(=O)Nc1cc(OC)c(Cl)cc1OC)CC(=O)O. The lowest BCUT2D eigenvalue weighted by Gasteiger charge is -2.19. The van der Waals surface area contributed by atoms with E-state index in [9.17, 15) is 9.59 Å². The number of ether oxygens (including phenoxy) is 2. The predicted molar refractivity (Wildman–Crippen MR) is 92.2 cm³/mol. The molecule has 0 saturated carbocycles. The van der Waals surface area contributed by atoms with E-state index in [1.807, 2.05) is 6.92 Å². The van der Waals surface area contributed by atoms with Crippen molar-refractivity contribution in [3.63, 3.8) is 0 Å². The molecule has 0 aliphatic rings. The number of rotatable bonds is 10. The lowest BCUT2D eigenvalue weighted by Crippen LogP contribution is -2.33. The third-order valence-corrected chi connectivity index (χ3v) is 3.60. The van der Waals surface area contributed by atoms with Crippen LogP contribution < -0.4 is 14.8 Å². The van der Waals surface area contributed by atoms with Gasteiger partial charge in [-0.2, -0.15) is 0 Å². The summed E-state index contributed by atoms with van der Waals surface area (Å²) in [5.74, 6) is -0.312. The van der Waals surface area contributed by atoms with Crippen LogP contribution in [0, 0.1) is 0 Å². The van der Waals surface area contributed by atoms with Gasteiger partial charge in [-0.05, 0) is 13.0 Å². The second-order valence-electron chi connectivity index (χ2n) is 5.16. The number of aliphatic carboxylic acids is 1.